The average Bonchev–Trinajstić information content (AvgIpc) is 2.73. The van der Waals surface area contributed by atoms with E-state index in [-0.39, 0.29) is 0 Å². The minimum Gasteiger partial charge on any atom is -0.338 e. The summed E-state index contributed by atoms with van der Waals surface area (Å²) in [6.45, 7) is 0. The molecule has 3 heterocycles. The first-order valence-electron chi connectivity index (χ1n) is 5.46. The summed E-state index contributed by atoms with van der Waals surface area (Å²) < 4.78 is 0. The van der Waals surface area contributed by atoms with Crippen LogP contribution in [0.25, 0.3) is 33.1 Å². The van der Waals surface area contributed by atoms with Crippen LogP contribution in [0.15, 0.2) is 42.7 Å². The zero-order valence-electron chi connectivity index (χ0n) is 8.94. The Morgan fingerprint density at radius 2 is 1.94 bits per heavy atom. The number of nitrogens with zero attached hydrogens (tertiary/aromatic N) is 2. The second kappa shape index (κ2) is 3.01. The summed E-state index contributed by atoms with van der Waals surface area (Å²) in [4.78, 5) is 15.5. The first-order valence-corrected chi connectivity index (χ1v) is 5.46. The maximum absolute atomic E-state index is 4.64. The quantitative estimate of drug-likeness (QED) is 0.494. The molecular weight excluding hydrogens is 212 g/mol. The van der Waals surface area contributed by atoms with Crippen molar-refractivity contribution in [3.63, 3.8) is 0 Å². The minimum absolute atomic E-state index is 0.838. The molecule has 0 saturated carbocycles. The van der Waals surface area contributed by atoms with Crippen LogP contribution in [0.2, 0.25) is 0 Å². The summed E-state index contributed by atoms with van der Waals surface area (Å²) in [5.41, 5.74) is 4.60. The second-order valence-electron chi connectivity index (χ2n) is 4.01. The van der Waals surface area contributed by atoms with Gasteiger partial charge < -0.3 is 4.98 Å². The number of rotatable bonds is 0. The van der Waals surface area contributed by atoms with E-state index >= 15 is 0 Å². The van der Waals surface area contributed by atoms with Crippen molar-refractivity contribution in [2.75, 3.05) is 0 Å². The molecule has 4 heteroatoms. The van der Waals surface area contributed by atoms with Gasteiger partial charge in [0.1, 0.15) is 11.0 Å². The maximum Gasteiger partial charge on any atom is 0.195 e. The van der Waals surface area contributed by atoms with Gasteiger partial charge in [-0.3, -0.25) is 0 Å². The molecule has 0 bridgehead atoms. The summed E-state index contributed by atoms with van der Waals surface area (Å²) in [5.74, 6) is 0. The number of H-pyrrole nitrogens is 2. The Balaban J connectivity index is 2.28. The molecule has 0 aliphatic carbocycles. The van der Waals surface area contributed by atoms with Gasteiger partial charge in [-0.2, -0.15) is 0 Å². The van der Waals surface area contributed by atoms with E-state index in [0.717, 1.165) is 33.1 Å². The molecule has 3 aromatic heterocycles. The highest BCUT2D eigenvalue weighted by atomic mass is 14.9. The molecule has 17 heavy (non-hydrogen) atoms. The number of pyridine rings is 1. The Morgan fingerprint density at radius 3 is 2.94 bits per heavy atom. The number of aromatic nitrogens is 4. The largest absolute Gasteiger partial charge is 0.338 e. The zero-order chi connectivity index (χ0) is 11.2. The molecular formula is C13H9N4+. The molecule has 2 N–H and O–H groups in total. The van der Waals surface area contributed by atoms with Crippen LogP contribution in [0.3, 0.4) is 0 Å². The Hall–Kier alpha value is -2.49. The smallest absolute Gasteiger partial charge is 0.195 e. The van der Waals surface area contributed by atoms with Gasteiger partial charge in [0.2, 0.25) is 0 Å². The van der Waals surface area contributed by atoms with E-state index in [0.29, 0.717) is 0 Å². The zero-order valence-corrected chi connectivity index (χ0v) is 8.94. The van der Waals surface area contributed by atoms with E-state index in [1.54, 1.807) is 0 Å². The van der Waals surface area contributed by atoms with Crippen molar-refractivity contribution in [2.45, 2.75) is 0 Å². The highest BCUT2D eigenvalue weighted by Gasteiger charge is 2.08. The third kappa shape index (κ3) is 1.15. The van der Waals surface area contributed by atoms with Crippen LogP contribution in [-0.2, 0) is 0 Å². The molecule has 0 saturated heterocycles. The van der Waals surface area contributed by atoms with Crippen LogP contribution in [0, 0.1) is 0 Å². The molecule has 80 valence electrons. The van der Waals surface area contributed by atoms with Crippen LogP contribution in [0.5, 0.6) is 0 Å². The van der Waals surface area contributed by atoms with Crippen LogP contribution in [-0.4, -0.2) is 15.0 Å². The lowest BCUT2D eigenvalue weighted by molar-refractivity contribution is -0.376. The number of nitrogens with one attached hydrogen (secondary N) is 2. The van der Waals surface area contributed by atoms with Gasteiger partial charge in [-0.15, -0.1) is 0 Å². The fraction of sp³-hybridized carbons (Fsp3) is 0. The van der Waals surface area contributed by atoms with Gasteiger partial charge in [0.05, 0.1) is 0 Å². The second-order valence-corrected chi connectivity index (χ2v) is 4.01. The highest BCUT2D eigenvalue weighted by molar-refractivity contribution is 6.05. The lowest BCUT2D eigenvalue weighted by Gasteiger charge is -1.93. The summed E-state index contributed by atoms with van der Waals surface area (Å²) in [5, 5.41) is 1.11. The van der Waals surface area contributed by atoms with Crippen molar-refractivity contribution in [3.8, 4) is 0 Å². The fourth-order valence-corrected chi connectivity index (χ4v) is 2.15. The number of fused-ring (bicyclic) bond motifs is 4. The Morgan fingerprint density at radius 1 is 1.00 bits per heavy atom. The fourth-order valence-electron chi connectivity index (χ4n) is 2.15. The average molecular weight is 221 g/mol. The van der Waals surface area contributed by atoms with Crippen molar-refractivity contribution in [3.05, 3.63) is 42.7 Å². The molecule has 0 unspecified atom stereocenters. The predicted molar refractivity (Wildman–Crippen MR) is 65.5 cm³/mol. The number of aromatic amines is 2. The van der Waals surface area contributed by atoms with Gasteiger partial charge in [0.15, 0.2) is 23.6 Å². The van der Waals surface area contributed by atoms with E-state index in [9.17, 15) is 0 Å². The topological polar surface area (TPSA) is 55.7 Å². The Bertz CT molecular complexity index is 842. The minimum atomic E-state index is 0.838. The molecule has 4 nitrogen and oxygen atoms in total. The molecule has 0 aliphatic heterocycles. The van der Waals surface area contributed by atoms with Crippen LogP contribution >= 0.6 is 0 Å². The molecule has 4 aromatic rings. The summed E-state index contributed by atoms with van der Waals surface area (Å²) in [6, 6.07) is 10.0. The number of benzene rings is 1. The Kier molecular flexibility index (Phi) is 1.53. The Labute approximate surface area is 96.3 Å². The third-order valence-corrected chi connectivity index (χ3v) is 2.94. The van der Waals surface area contributed by atoms with Gasteiger partial charge >= 0.3 is 0 Å². The highest BCUT2D eigenvalue weighted by Crippen LogP contribution is 2.23. The van der Waals surface area contributed by atoms with Gasteiger partial charge in [0, 0.05) is 17.0 Å². The third-order valence-electron chi connectivity index (χ3n) is 2.94. The molecule has 0 aliphatic rings. The van der Waals surface area contributed by atoms with E-state index in [1.165, 1.54) is 0 Å². The lowest BCUT2D eigenvalue weighted by atomic mass is 10.2. The standard InChI is InChI=1S/C13H8N4/c1-2-4-9-8(3-1)12-13(16-9)17-10-5-6-14-7-11(10)15-12/h1-7H,(H,16,17)/p+1. The van der Waals surface area contributed by atoms with Gasteiger partial charge in [-0.25, -0.2) is 15.0 Å². The molecule has 0 fully saturated rings. The van der Waals surface area contributed by atoms with Crippen molar-refractivity contribution in [2.24, 2.45) is 0 Å². The molecule has 0 amide bonds. The van der Waals surface area contributed by atoms with Crippen molar-refractivity contribution in [1.29, 1.82) is 0 Å². The summed E-state index contributed by atoms with van der Waals surface area (Å²) in [6.07, 6.45) is 3.72. The predicted octanol–water partition coefficient (Wildman–Crippen LogP) is 2.08. The van der Waals surface area contributed by atoms with E-state index in [4.69, 9.17) is 0 Å². The first-order chi connectivity index (χ1) is 8.42. The van der Waals surface area contributed by atoms with E-state index in [1.807, 2.05) is 36.7 Å². The molecule has 0 spiro atoms. The molecule has 1 aromatic carbocycles. The van der Waals surface area contributed by atoms with Crippen molar-refractivity contribution < 1.29 is 4.98 Å². The van der Waals surface area contributed by atoms with E-state index < -0.39 is 0 Å². The molecule has 4 rings (SSSR count). The van der Waals surface area contributed by atoms with Crippen LogP contribution < -0.4 is 4.98 Å². The normalized spacial score (nSPS) is 11.5. The summed E-state index contributed by atoms with van der Waals surface area (Å²) in [7, 11) is 0. The van der Waals surface area contributed by atoms with Crippen molar-refractivity contribution in [1.82, 2.24) is 15.0 Å². The van der Waals surface area contributed by atoms with Crippen LogP contribution in [0.4, 0.5) is 0 Å². The van der Waals surface area contributed by atoms with Gasteiger partial charge in [-0.05, 0) is 6.07 Å². The van der Waals surface area contributed by atoms with Gasteiger partial charge in [-0.1, -0.05) is 18.2 Å². The van der Waals surface area contributed by atoms with Crippen molar-refractivity contribution >= 4 is 33.1 Å². The number of hydrogen-bond donors (Lipinski definition) is 1. The molecule has 0 radical (unpaired) electrons. The molecule has 0 atom stereocenters. The lowest BCUT2D eigenvalue weighted by Crippen LogP contribution is -1.99. The monoisotopic (exact) mass is 221 g/mol. The van der Waals surface area contributed by atoms with Crippen LogP contribution in [0.1, 0.15) is 0 Å². The SMILES string of the molecule is c1ccc2c(c1)[nH]c1nc3cc[nH+]cc3nc12. The first kappa shape index (κ1) is 8.64. The number of para-hydroxylation sites is 1. The summed E-state index contributed by atoms with van der Waals surface area (Å²) >= 11 is 0. The van der Waals surface area contributed by atoms with E-state index in [2.05, 4.69) is 26.0 Å². The maximum atomic E-state index is 4.64. The number of hydrogen-bond acceptors (Lipinski definition) is 2. The van der Waals surface area contributed by atoms with Gasteiger partial charge in [0.25, 0.3) is 0 Å².